The molecule has 1 aliphatic heterocycles. The highest BCUT2D eigenvalue weighted by Crippen LogP contribution is 2.30. The van der Waals surface area contributed by atoms with Crippen LogP contribution in [0.25, 0.3) is 0 Å². The van der Waals surface area contributed by atoms with Crippen molar-refractivity contribution in [1.82, 2.24) is 9.88 Å². The summed E-state index contributed by atoms with van der Waals surface area (Å²) < 4.78 is 48.6. The van der Waals surface area contributed by atoms with Gasteiger partial charge in [-0.05, 0) is 24.3 Å². The van der Waals surface area contributed by atoms with Crippen molar-refractivity contribution >= 4 is 17.5 Å². The fraction of sp³-hybridized carbons (Fsp3) is 0.294. The summed E-state index contributed by atoms with van der Waals surface area (Å²) in [7, 11) is 1.45. The Morgan fingerprint density at radius 3 is 2.65 bits per heavy atom. The van der Waals surface area contributed by atoms with E-state index in [0.29, 0.717) is 16.3 Å². The number of halogens is 4. The first kappa shape index (κ1) is 18.3. The number of rotatable bonds is 4. The molecule has 1 amide bonds. The summed E-state index contributed by atoms with van der Waals surface area (Å²) in [6.45, 7) is 0.457. The molecule has 138 valence electrons. The van der Waals surface area contributed by atoms with Gasteiger partial charge in [-0.3, -0.25) is 4.79 Å². The molecule has 1 aromatic heterocycles. The molecule has 1 aliphatic rings. The van der Waals surface area contributed by atoms with Gasteiger partial charge >= 0.3 is 6.18 Å². The Hall–Kier alpha value is -2.48. The van der Waals surface area contributed by atoms with E-state index in [4.69, 9.17) is 21.1 Å². The number of aromatic nitrogens is 1. The van der Waals surface area contributed by atoms with Crippen LogP contribution in [0.2, 0.25) is 5.02 Å². The minimum Gasteiger partial charge on any atom is -0.496 e. The van der Waals surface area contributed by atoms with E-state index in [-0.39, 0.29) is 24.9 Å². The summed E-state index contributed by atoms with van der Waals surface area (Å²) in [4.78, 5) is 17.4. The average Bonchev–Trinajstić information content (AvgIpc) is 2.56. The number of alkyl halides is 3. The molecule has 2 aromatic rings. The van der Waals surface area contributed by atoms with Crippen molar-refractivity contribution < 1.29 is 27.4 Å². The van der Waals surface area contributed by atoms with Gasteiger partial charge in [-0.25, -0.2) is 4.98 Å². The van der Waals surface area contributed by atoms with E-state index in [2.05, 4.69) is 4.98 Å². The SMILES string of the molecule is COc1ccc(Cl)cc1C(=O)N1CC(Oc2cccc(C(F)(F)F)n2)C1. The number of ether oxygens (including phenoxy) is 2. The molecule has 26 heavy (non-hydrogen) atoms. The first-order chi connectivity index (χ1) is 12.3. The zero-order chi connectivity index (χ0) is 18.9. The smallest absolute Gasteiger partial charge is 0.433 e. The number of carbonyl (C=O) groups is 1. The van der Waals surface area contributed by atoms with Crippen molar-refractivity contribution in [2.75, 3.05) is 20.2 Å². The zero-order valence-corrected chi connectivity index (χ0v) is 14.3. The highest BCUT2D eigenvalue weighted by Gasteiger charge is 2.36. The van der Waals surface area contributed by atoms with Gasteiger partial charge in [-0.15, -0.1) is 0 Å². The van der Waals surface area contributed by atoms with Crippen LogP contribution in [-0.4, -0.2) is 42.1 Å². The molecular formula is C17H14ClF3N2O3. The lowest BCUT2D eigenvalue weighted by Crippen LogP contribution is -2.56. The van der Waals surface area contributed by atoms with Gasteiger partial charge in [0.2, 0.25) is 5.88 Å². The third-order valence-corrected chi connectivity index (χ3v) is 4.06. The Labute approximate surface area is 152 Å². The van der Waals surface area contributed by atoms with E-state index in [1.165, 1.54) is 30.2 Å². The first-order valence-electron chi connectivity index (χ1n) is 7.61. The number of methoxy groups -OCH3 is 1. The maximum absolute atomic E-state index is 12.7. The van der Waals surface area contributed by atoms with Crippen molar-refractivity contribution in [3.05, 3.63) is 52.7 Å². The number of carbonyl (C=O) groups excluding carboxylic acids is 1. The molecule has 1 fully saturated rings. The second kappa shape index (κ2) is 7.03. The molecule has 9 heteroatoms. The Bertz CT molecular complexity index is 823. The van der Waals surface area contributed by atoms with E-state index in [1.807, 2.05) is 0 Å². The van der Waals surface area contributed by atoms with Crippen LogP contribution in [0.3, 0.4) is 0 Å². The Morgan fingerprint density at radius 1 is 1.27 bits per heavy atom. The van der Waals surface area contributed by atoms with E-state index >= 15 is 0 Å². The molecule has 0 N–H and O–H groups in total. The van der Waals surface area contributed by atoms with E-state index in [1.54, 1.807) is 12.1 Å². The van der Waals surface area contributed by atoms with Crippen molar-refractivity contribution in [2.45, 2.75) is 12.3 Å². The van der Waals surface area contributed by atoms with Crippen LogP contribution in [0.4, 0.5) is 13.2 Å². The lowest BCUT2D eigenvalue weighted by molar-refractivity contribution is -0.141. The lowest BCUT2D eigenvalue weighted by Gasteiger charge is -2.38. The third-order valence-electron chi connectivity index (χ3n) is 3.83. The monoisotopic (exact) mass is 386 g/mol. The minimum absolute atomic E-state index is 0.128. The van der Waals surface area contributed by atoms with Gasteiger partial charge in [0.05, 0.1) is 25.8 Å². The van der Waals surface area contributed by atoms with Crippen LogP contribution in [-0.2, 0) is 6.18 Å². The van der Waals surface area contributed by atoms with Crippen LogP contribution >= 0.6 is 11.6 Å². The van der Waals surface area contributed by atoms with Gasteiger partial charge in [0.25, 0.3) is 5.91 Å². The van der Waals surface area contributed by atoms with Gasteiger partial charge in [-0.1, -0.05) is 17.7 Å². The molecule has 0 aliphatic carbocycles. The summed E-state index contributed by atoms with van der Waals surface area (Å²) in [6.07, 6.45) is -4.97. The molecule has 2 heterocycles. The van der Waals surface area contributed by atoms with Gasteiger partial charge in [0.1, 0.15) is 17.5 Å². The van der Waals surface area contributed by atoms with Crippen molar-refractivity contribution in [2.24, 2.45) is 0 Å². The number of hydrogen-bond acceptors (Lipinski definition) is 4. The van der Waals surface area contributed by atoms with Crippen LogP contribution in [0.5, 0.6) is 11.6 Å². The standard InChI is InChI=1S/C17H14ClF3N2O3/c1-25-13-6-5-10(18)7-12(13)16(24)23-8-11(9-23)26-15-4-2-3-14(22-15)17(19,20)21/h2-7,11H,8-9H2,1H3. The number of pyridine rings is 1. The molecular weight excluding hydrogens is 373 g/mol. The normalized spacial score (nSPS) is 14.7. The molecule has 1 aromatic carbocycles. The first-order valence-corrected chi connectivity index (χ1v) is 7.99. The fourth-order valence-corrected chi connectivity index (χ4v) is 2.68. The fourth-order valence-electron chi connectivity index (χ4n) is 2.51. The molecule has 0 radical (unpaired) electrons. The van der Waals surface area contributed by atoms with E-state index in [9.17, 15) is 18.0 Å². The van der Waals surface area contributed by atoms with Crippen LogP contribution in [0, 0.1) is 0 Å². The van der Waals surface area contributed by atoms with Crippen molar-refractivity contribution in [3.8, 4) is 11.6 Å². The minimum atomic E-state index is -4.54. The molecule has 5 nitrogen and oxygen atoms in total. The average molecular weight is 387 g/mol. The number of hydrogen-bond donors (Lipinski definition) is 0. The highest BCUT2D eigenvalue weighted by atomic mass is 35.5. The maximum Gasteiger partial charge on any atom is 0.433 e. The summed E-state index contributed by atoms with van der Waals surface area (Å²) in [5.74, 6) is -0.0261. The zero-order valence-electron chi connectivity index (χ0n) is 13.6. The quantitative estimate of drug-likeness (QED) is 0.804. The van der Waals surface area contributed by atoms with Gasteiger partial charge in [0, 0.05) is 11.1 Å². The topological polar surface area (TPSA) is 51.7 Å². The van der Waals surface area contributed by atoms with Crippen LogP contribution in [0.15, 0.2) is 36.4 Å². The van der Waals surface area contributed by atoms with Crippen LogP contribution in [0.1, 0.15) is 16.1 Å². The summed E-state index contributed by atoms with van der Waals surface area (Å²) in [5, 5.41) is 0.399. The van der Waals surface area contributed by atoms with Gasteiger partial charge in [0.15, 0.2) is 0 Å². The predicted molar refractivity (Wildman–Crippen MR) is 87.6 cm³/mol. The summed E-state index contributed by atoms with van der Waals surface area (Å²) in [6, 6.07) is 8.15. The van der Waals surface area contributed by atoms with Crippen molar-refractivity contribution in [3.63, 3.8) is 0 Å². The van der Waals surface area contributed by atoms with Crippen LogP contribution < -0.4 is 9.47 Å². The Kier molecular flexibility index (Phi) is 4.95. The molecule has 3 rings (SSSR count). The molecule has 1 saturated heterocycles. The molecule has 0 bridgehead atoms. The summed E-state index contributed by atoms with van der Waals surface area (Å²) >= 11 is 5.92. The number of nitrogens with zero attached hydrogens (tertiary/aromatic N) is 2. The second-order valence-corrected chi connectivity index (χ2v) is 6.09. The number of likely N-dealkylation sites (tertiary alicyclic amines) is 1. The second-order valence-electron chi connectivity index (χ2n) is 5.65. The number of benzene rings is 1. The molecule has 0 saturated carbocycles. The molecule has 0 spiro atoms. The Balaban J connectivity index is 1.63. The third kappa shape index (κ3) is 3.85. The van der Waals surface area contributed by atoms with Crippen molar-refractivity contribution in [1.29, 1.82) is 0 Å². The molecule has 0 unspecified atom stereocenters. The molecule has 0 atom stereocenters. The van der Waals surface area contributed by atoms with Gasteiger partial charge in [-0.2, -0.15) is 13.2 Å². The largest absolute Gasteiger partial charge is 0.496 e. The Morgan fingerprint density at radius 2 is 2.00 bits per heavy atom. The maximum atomic E-state index is 12.7. The highest BCUT2D eigenvalue weighted by molar-refractivity contribution is 6.31. The summed E-state index contributed by atoms with van der Waals surface area (Å²) in [5.41, 5.74) is -0.707. The van der Waals surface area contributed by atoms with E-state index in [0.717, 1.165) is 6.07 Å². The number of amides is 1. The predicted octanol–water partition coefficient (Wildman–Crippen LogP) is 3.67. The van der Waals surface area contributed by atoms with E-state index < -0.39 is 18.0 Å². The lowest BCUT2D eigenvalue weighted by atomic mass is 10.1. The van der Waals surface area contributed by atoms with Gasteiger partial charge < -0.3 is 14.4 Å².